The number of carbonyl (C=O) groups excluding carboxylic acids is 1. The zero-order valence-corrected chi connectivity index (χ0v) is 6.80. The minimum absolute atomic E-state index is 0. The van der Waals surface area contributed by atoms with Crippen LogP contribution in [0.3, 0.4) is 0 Å². The molecular weight excluding hydrogens is 205 g/mol. The molecule has 7 heavy (non-hydrogen) atoms. The fraction of sp³-hybridized carbons (Fsp3) is 0.750. The first-order chi connectivity index (χ1) is 2.64. The molecule has 1 amide bonds. The normalized spacial score (nSPS) is 7.86. The van der Waals surface area contributed by atoms with Crippen molar-refractivity contribution in [2.24, 2.45) is 11.7 Å². The van der Waals surface area contributed by atoms with Gasteiger partial charge in [0.2, 0.25) is 5.91 Å². The minimum Gasteiger partial charge on any atom is -0.369 e. The molecule has 0 aromatic heterocycles. The molecule has 0 radical (unpaired) electrons. The monoisotopic (exact) mass is 215 g/mol. The maximum absolute atomic E-state index is 9.92. The Morgan fingerprint density at radius 2 is 1.71 bits per heavy atom. The Bertz CT molecular complexity index is 62.7. The van der Waals surface area contributed by atoms with Crippen LogP contribution in [0.1, 0.15) is 13.8 Å². The van der Waals surface area contributed by atoms with Gasteiger partial charge in [0.05, 0.1) is 0 Å². The van der Waals surface area contributed by atoms with Crippen LogP contribution in [0.25, 0.3) is 0 Å². The summed E-state index contributed by atoms with van der Waals surface area (Å²) in [5.41, 5.74) is 4.80. The molecule has 0 aromatic rings. The predicted molar refractivity (Wildman–Crippen MR) is 39.4 cm³/mol. The molecule has 0 bridgehead atoms. The van der Waals surface area contributed by atoms with Crippen molar-refractivity contribution >= 4 is 29.9 Å². The van der Waals surface area contributed by atoms with E-state index in [0.29, 0.717) is 0 Å². The Hall–Kier alpha value is 0.200. The highest BCUT2D eigenvalue weighted by Crippen LogP contribution is 1.84. The van der Waals surface area contributed by atoms with Crippen molar-refractivity contribution < 1.29 is 4.79 Å². The second-order valence-corrected chi connectivity index (χ2v) is 1.56. The van der Waals surface area contributed by atoms with Crippen molar-refractivity contribution in [3.05, 3.63) is 0 Å². The van der Waals surface area contributed by atoms with E-state index in [2.05, 4.69) is 0 Å². The molecule has 0 aliphatic rings. The van der Waals surface area contributed by atoms with Crippen molar-refractivity contribution in [2.75, 3.05) is 0 Å². The molecular formula is C4H10INO. The SMILES string of the molecule is CC(C)C(N)=O.I. The van der Waals surface area contributed by atoms with Crippen LogP contribution in [0.4, 0.5) is 0 Å². The summed E-state index contributed by atoms with van der Waals surface area (Å²) in [6.07, 6.45) is 0. The van der Waals surface area contributed by atoms with E-state index in [1.54, 1.807) is 13.8 Å². The molecule has 0 saturated carbocycles. The number of hydrogen-bond donors (Lipinski definition) is 1. The van der Waals surface area contributed by atoms with Gasteiger partial charge < -0.3 is 5.73 Å². The van der Waals surface area contributed by atoms with Gasteiger partial charge in [0.15, 0.2) is 0 Å². The summed E-state index contributed by atoms with van der Waals surface area (Å²) in [6, 6.07) is 0. The number of carbonyl (C=O) groups is 1. The first kappa shape index (κ1) is 10.2. The molecule has 3 heteroatoms. The van der Waals surface area contributed by atoms with E-state index in [1.165, 1.54) is 0 Å². The van der Waals surface area contributed by atoms with Crippen molar-refractivity contribution in [1.29, 1.82) is 0 Å². The Kier molecular flexibility index (Phi) is 6.38. The lowest BCUT2D eigenvalue weighted by Gasteiger charge is -1.90. The van der Waals surface area contributed by atoms with E-state index in [-0.39, 0.29) is 35.8 Å². The third-order valence-electron chi connectivity index (χ3n) is 0.569. The van der Waals surface area contributed by atoms with Crippen LogP contribution in [0.2, 0.25) is 0 Å². The molecule has 44 valence electrons. The van der Waals surface area contributed by atoms with Crippen molar-refractivity contribution in [1.82, 2.24) is 0 Å². The van der Waals surface area contributed by atoms with E-state index in [9.17, 15) is 4.79 Å². The van der Waals surface area contributed by atoms with Gasteiger partial charge in [-0.3, -0.25) is 4.79 Å². The molecule has 2 N–H and O–H groups in total. The van der Waals surface area contributed by atoms with Gasteiger partial charge in [-0.25, -0.2) is 0 Å². The Morgan fingerprint density at radius 3 is 1.71 bits per heavy atom. The second kappa shape index (κ2) is 4.36. The zero-order valence-electron chi connectivity index (χ0n) is 4.47. The molecule has 0 saturated heterocycles. The molecule has 2 nitrogen and oxygen atoms in total. The van der Waals surface area contributed by atoms with E-state index in [4.69, 9.17) is 5.73 Å². The first-order valence-electron chi connectivity index (χ1n) is 1.94. The molecule has 0 fully saturated rings. The number of nitrogens with two attached hydrogens (primary N) is 1. The highest BCUT2D eigenvalue weighted by Gasteiger charge is 1.96. The Morgan fingerprint density at radius 1 is 1.57 bits per heavy atom. The number of primary amides is 1. The summed E-state index contributed by atoms with van der Waals surface area (Å²) in [4.78, 5) is 9.92. The van der Waals surface area contributed by atoms with Crippen molar-refractivity contribution in [3.63, 3.8) is 0 Å². The van der Waals surface area contributed by atoms with Crippen molar-refractivity contribution in [2.45, 2.75) is 13.8 Å². The van der Waals surface area contributed by atoms with Crippen LogP contribution < -0.4 is 5.73 Å². The van der Waals surface area contributed by atoms with Gasteiger partial charge in [-0.1, -0.05) is 13.8 Å². The highest BCUT2D eigenvalue weighted by atomic mass is 127. The predicted octanol–water partition coefficient (Wildman–Crippen LogP) is 0.746. The maximum atomic E-state index is 9.92. The molecule has 0 rings (SSSR count). The van der Waals surface area contributed by atoms with E-state index in [1.807, 2.05) is 0 Å². The second-order valence-electron chi connectivity index (χ2n) is 1.56. The van der Waals surface area contributed by atoms with Crippen LogP contribution >= 0.6 is 24.0 Å². The summed E-state index contributed by atoms with van der Waals surface area (Å²) in [6.45, 7) is 3.53. The first-order valence-corrected chi connectivity index (χ1v) is 1.94. The summed E-state index contributed by atoms with van der Waals surface area (Å²) >= 11 is 0. The number of hydrogen-bond acceptors (Lipinski definition) is 1. The van der Waals surface area contributed by atoms with Crippen LogP contribution in [-0.4, -0.2) is 5.91 Å². The summed E-state index contributed by atoms with van der Waals surface area (Å²) < 4.78 is 0. The number of halogens is 1. The number of rotatable bonds is 1. The fourth-order valence-corrected chi connectivity index (χ4v) is 0. The lowest BCUT2D eigenvalue weighted by molar-refractivity contribution is -0.120. The molecule has 0 heterocycles. The molecule has 0 spiro atoms. The van der Waals surface area contributed by atoms with Gasteiger partial charge in [0.1, 0.15) is 0 Å². The van der Waals surface area contributed by atoms with Gasteiger partial charge in [-0.2, -0.15) is 0 Å². The van der Waals surface area contributed by atoms with Crippen LogP contribution in [-0.2, 0) is 4.79 Å². The minimum atomic E-state index is -0.241. The summed E-state index contributed by atoms with van der Waals surface area (Å²) in [7, 11) is 0. The molecule has 0 aliphatic heterocycles. The highest BCUT2D eigenvalue weighted by molar-refractivity contribution is 14.0. The van der Waals surface area contributed by atoms with Crippen LogP contribution in [0, 0.1) is 5.92 Å². The Balaban J connectivity index is 0. The Labute approximate surface area is 60.5 Å². The molecule has 0 aromatic carbocycles. The van der Waals surface area contributed by atoms with Gasteiger partial charge >= 0.3 is 0 Å². The van der Waals surface area contributed by atoms with E-state index >= 15 is 0 Å². The summed E-state index contributed by atoms with van der Waals surface area (Å²) in [5.74, 6) is -0.250. The van der Waals surface area contributed by atoms with Gasteiger partial charge in [-0.15, -0.1) is 24.0 Å². The quantitative estimate of drug-likeness (QED) is 0.644. The largest absolute Gasteiger partial charge is 0.369 e. The third-order valence-corrected chi connectivity index (χ3v) is 0.569. The van der Waals surface area contributed by atoms with Crippen LogP contribution in [0.15, 0.2) is 0 Å². The van der Waals surface area contributed by atoms with Crippen molar-refractivity contribution in [3.8, 4) is 0 Å². The maximum Gasteiger partial charge on any atom is 0.219 e. The smallest absolute Gasteiger partial charge is 0.219 e. The number of amides is 1. The average molecular weight is 215 g/mol. The molecule has 0 unspecified atom stereocenters. The average Bonchev–Trinajstić information content (AvgIpc) is 1.36. The molecule has 0 aliphatic carbocycles. The van der Waals surface area contributed by atoms with Gasteiger partial charge in [0.25, 0.3) is 0 Å². The zero-order chi connectivity index (χ0) is 5.15. The lowest BCUT2D eigenvalue weighted by Crippen LogP contribution is -2.17. The van der Waals surface area contributed by atoms with Gasteiger partial charge in [0, 0.05) is 5.92 Å². The topological polar surface area (TPSA) is 43.1 Å². The standard InChI is InChI=1S/C4H9NO.HI/c1-3(2)4(5)6;/h3H,1-2H3,(H2,5,6);1H. The lowest BCUT2D eigenvalue weighted by atomic mass is 10.2. The summed E-state index contributed by atoms with van der Waals surface area (Å²) in [5, 5.41) is 0. The molecule has 0 atom stereocenters. The van der Waals surface area contributed by atoms with E-state index < -0.39 is 0 Å². The van der Waals surface area contributed by atoms with Gasteiger partial charge in [-0.05, 0) is 0 Å². The van der Waals surface area contributed by atoms with Crippen LogP contribution in [0.5, 0.6) is 0 Å². The fourth-order valence-electron chi connectivity index (χ4n) is 0. The third kappa shape index (κ3) is 6.20. The van der Waals surface area contributed by atoms with E-state index in [0.717, 1.165) is 0 Å².